The van der Waals surface area contributed by atoms with Gasteiger partial charge in [-0.3, -0.25) is 0 Å². The van der Waals surface area contributed by atoms with Crippen molar-refractivity contribution in [2.45, 2.75) is 12.8 Å². The molecule has 1 fully saturated rings. The van der Waals surface area contributed by atoms with Gasteiger partial charge < -0.3 is 0 Å². The van der Waals surface area contributed by atoms with Crippen molar-refractivity contribution < 1.29 is 33.5 Å². The predicted molar refractivity (Wildman–Crippen MR) is 31.1 cm³/mol. The van der Waals surface area contributed by atoms with Gasteiger partial charge in [-0.15, -0.1) is 10.2 Å². The Morgan fingerprint density at radius 1 is 1.08 bits per heavy atom. The molecule has 0 bridgehead atoms. The van der Waals surface area contributed by atoms with Crippen LogP contribution < -0.4 is 18.6 Å². The molecule has 72 valence electrons. The summed E-state index contributed by atoms with van der Waals surface area (Å²) >= 11 is 5.41. The Balaban J connectivity index is 0.000000217. The lowest BCUT2D eigenvalue weighted by Gasteiger charge is -2.17. The van der Waals surface area contributed by atoms with Crippen LogP contribution in [0.3, 0.4) is 0 Å². The van der Waals surface area contributed by atoms with Gasteiger partial charge in [0.2, 0.25) is 5.67 Å². The van der Waals surface area contributed by atoms with E-state index in [0.29, 0.717) is 0 Å². The third-order valence-electron chi connectivity index (χ3n) is 1.28. The fraction of sp³-hybridized carbons (Fsp3) is 0.800. The highest BCUT2D eigenvalue weighted by Gasteiger charge is 2.09. The molecule has 5 nitrogen and oxygen atoms in total. The zero-order chi connectivity index (χ0) is 9.61. The lowest BCUT2D eigenvalue weighted by molar-refractivity contribution is -2.00. The maximum absolute atomic E-state index is 8.49. The molecule has 0 aromatic carbocycles. The summed E-state index contributed by atoms with van der Waals surface area (Å²) in [5.74, 6) is 0. The third-order valence-corrected chi connectivity index (χ3v) is 1.55. The van der Waals surface area contributed by atoms with Crippen LogP contribution in [-0.4, -0.2) is 23.3 Å². The summed E-state index contributed by atoms with van der Waals surface area (Å²) in [5, 5.41) is 0. The first-order chi connectivity index (χ1) is 5.43. The fourth-order valence-corrected chi connectivity index (χ4v) is 1.03. The molecule has 1 aliphatic rings. The zero-order valence-corrected chi connectivity index (χ0v) is 7.75. The Morgan fingerprint density at radius 2 is 1.42 bits per heavy atom. The zero-order valence-electron chi connectivity index (χ0n) is 6.24. The molecule has 0 spiro atoms. The molecule has 1 saturated heterocycles. The Morgan fingerprint density at radius 3 is 1.58 bits per heavy atom. The summed E-state index contributed by atoms with van der Waals surface area (Å²) in [6.45, 7) is 2.31. The van der Waals surface area contributed by atoms with E-state index >= 15 is 0 Å². The molecule has 1 aliphatic heterocycles. The smallest absolute Gasteiger partial charge is 0.226 e. The molecule has 12 heavy (non-hydrogen) atoms. The SMILES string of the molecule is ClC=[N+]1CCCC1.[O-][Cl+3]([O-])([O-])[O-]. The van der Waals surface area contributed by atoms with Crippen LogP contribution in [0.1, 0.15) is 12.8 Å². The van der Waals surface area contributed by atoms with E-state index in [-0.39, 0.29) is 0 Å². The second kappa shape index (κ2) is 5.69. The van der Waals surface area contributed by atoms with Crippen LogP contribution in [0.5, 0.6) is 0 Å². The van der Waals surface area contributed by atoms with E-state index < -0.39 is 10.2 Å². The first-order valence-electron chi connectivity index (χ1n) is 3.23. The number of rotatable bonds is 0. The minimum absolute atomic E-state index is 1.16. The Bertz CT molecular complexity index is 142. The van der Waals surface area contributed by atoms with E-state index in [1.807, 2.05) is 0 Å². The maximum atomic E-state index is 8.49. The van der Waals surface area contributed by atoms with Gasteiger partial charge in [0.25, 0.3) is 0 Å². The van der Waals surface area contributed by atoms with Crippen molar-refractivity contribution in [1.29, 1.82) is 0 Å². The molecule has 0 unspecified atom stereocenters. The van der Waals surface area contributed by atoms with E-state index in [4.69, 9.17) is 30.2 Å². The molecule has 7 heteroatoms. The van der Waals surface area contributed by atoms with Crippen molar-refractivity contribution in [3.63, 3.8) is 0 Å². The minimum Gasteiger partial charge on any atom is -0.226 e. The molecule has 0 saturated carbocycles. The molecule has 1 rings (SSSR count). The molecule has 0 aliphatic carbocycles. The highest BCUT2D eigenvalue weighted by atomic mass is 35.7. The summed E-state index contributed by atoms with van der Waals surface area (Å²) in [5.41, 5.74) is 1.65. The Kier molecular flexibility index (Phi) is 5.73. The lowest BCUT2D eigenvalue weighted by Crippen LogP contribution is -2.68. The van der Waals surface area contributed by atoms with E-state index in [1.54, 1.807) is 5.67 Å². The normalized spacial score (nSPS) is 16.9. The number of hydrogen-bond acceptors (Lipinski definition) is 4. The predicted octanol–water partition coefficient (Wildman–Crippen LogP) is -3.70. The minimum atomic E-state index is -4.94. The van der Waals surface area contributed by atoms with Crippen molar-refractivity contribution in [3.8, 4) is 0 Å². The highest BCUT2D eigenvalue weighted by Crippen LogP contribution is 1.99. The van der Waals surface area contributed by atoms with Crippen LogP contribution in [0, 0.1) is 10.2 Å². The van der Waals surface area contributed by atoms with Gasteiger partial charge in [0, 0.05) is 12.8 Å². The highest BCUT2D eigenvalue weighted by molar-refractivity contribution is 6.54. The summed E-state index contributed by atoms with van der Waals surface area (Å²) in [6.07, 6.45) is 2.62. The van der Waals surface area contributed by atoms with Crippen molar-refractivity contribution in [2.24, 2.45) is 0 Å². The van der Waals surface area contributed by atoms with Gasteiger partial charge in [0.1, 0.15) is 13.1 Å². The quantitative estimate of drug-likeness (QED) is 0.391. The summed E-state index contributed by atoms with van der Waals surface area (Å²) < 4.78 is 36.1. The molecule has 0 amide bonds. The molecule has 0 N–H and O–H groups in total. The van der Waals surface area contributed by atoms with Crippen molar-refractivity contribution in [3.05, 3.63) is 0 Å². The maximum Gasteiger partial charge on any atom is 0.232 e. The van der Waals surface area contributed by atoms with Gasteiger partial charge in [-0.25, -0.2) is 23.2 Å². The molecular weight excluding hydrogens is 209 g/mol. The second-order valence-electron chi connectivity index (χ2n) is 2.22. The van der Waals surface area contributed by atoms with Crippen LogP contribution in [0.4, 0.5) is 0 Å². The standard InChI is InChI=1S/C5H9ClN.ClHO4/c6-5-7-3-1-2-4-7;2-1(3,4)5/h5H,1-4H2;(H,2,3,4,5)/q+1;/p-1. The number of hydrogen-bond donors (Lipinski definition) is 0. The van der Waals surface area contributed by atoms with Gasteiger partial charge in [0.15, 0.2) is 0 Å². The Labute approximate surface area is 77.2 Å². The van der Waals surface area contributed by atoms with Crippen molar-refractivity contribution in [2.75, 3.05) is 13.1 Å². The van der Waals surface area contributed by atoms with Crippen molar-refractivity contribution >= 4 is 17.3 Å². The molecular formula is C5H9Cl2NO4. The van der Waals surface area contributed by atoms with Gasteiger partial charge in [-0.2, -0.15) is 0 Å². The average molecular weight is 218 g/mol. The summed E-state index contributed by atoms with van der Waals surface area (Å²) in [6, 6.07) is 0. The van der Waals surface area contributed by atoms with Crippen LogP contribution in [0.2, 0.25) is 0 Å². The molecule has 0 atom stereocenters. The van der Waals surface area contributed by atoms with E-state index in [2.05, 4.69) is 4.58 Å². The van der Waals surface area contributed by atoms with E-state index in [9.17, 15) is 0 Å². The Hall–Kier alpha value is 0.0900. The first-order valence-corrected chi connectivity index (χ1v) is 4.90. The van der Waals surface area contributed by atoms with Gasteiger partial charge >= 0.3 is 0 Å². The fourth-order valence-electron chi connectivity index (χ4n) is 0.839. The van der Waals surface area contributed by atoms with Crippen LogP contribution >= 0.6 is 11.6 Å². The number of nitrogens with zero attached hydrogens (tertiary/aromatic N) is 1. The van der Waals surface area contributed by atoms with E-state index in [1.165, 1.54) is 12.8 Å². The topological polar surface area (TPSA) is 95.2 Å². The number of halogens is 2. The summed E-state index contributed by atoms with van der Waals surface area (Å²) in [4.78, 5) is 0. The monoisotopic (exact) mass is 217 g/mol. The van der Waals surface area contributed by atoms with Crippen LogP contribution in [-0.2, 0) is 0 Å². The molecule has 0 aromatic heterocycles. The van der Waals surface area contributed by atoms with Gasteiger partial charge in [0.05, 0.1) is 0 Å². The van der Waals surface area contributed by atoms with Gasteiger partial charge in [-0.1, -0.05) is 0 Å². The summed E-state index contributed by atoms with van der Waals surface area (Å²) in [7, 11) is -4.94. The first kappa shape index (κ1) is 12.1. The van der Waals surface area contributed by atoms with Crippen LogP contribution in [0.15, 0.2) is 0 Å². The molecule has 1 heterocycles. The molecule has 0 aromatic rings. The van der Waals surface area contributed by atoms with Crippen molar-refractivity contribution in [1.82, 2.24) is 0 Å². The average Bonchev–Trinajstić information content (AvgIpc) is 2.33. The third kappa shape index (κ3) is 10.1. The largest absolute Gasteiger partial charge is 0.232 e. The second-order valence-corrected chi connectivity index (χ2v) is 3.17. The lowest BCUT2D eigenvalue weighted by atomic mass is 10.4. The van der Waals surface area contributed by atoms with E-state index in [0.717, 1.165) is 13.1 Å². The molecule has 0 radical (unpaired) electrons. The van der Waals surface area contributed by atoms with Crippen LogP contribution in [0.25, 0.3) is 0 Å². The van der Waals surface area contributed by atoms with Gasteiger partial charge in [-0.05, 0) is 11.6 Å².